The molecule has 0 bridgehead atoms. The van der Waals surface area contributed by atoms with E-state index in [4.69, 9.17) is 9.73 Å². The Bertz CT molecular complexity index is 422. The maximum atomic E-state index is 11.6. The summed E-state index contributed by atoms with van der Waals surface area (Å²) in [7, 11) is 1.84. The number of rotatable bonds is 5. The molecule has 132 valence electrons. The fourth-order valence-electron chi connectivity index (χ4n) is 3.06. The van der Waals surface area contributed by atoms with Crippen LogP contribution < -0.4 is 10.6 Å². The van der Waals surface area contributed by atoms with Crippen molar-refractivity contribution in [3.8, 4) is 0 Å². The lowest BCUT2D eigenvalue weighted by Crippen LogP contribution is -2.52. The lowest BCUT2D eigenvalue weighted by Gasteiger charge is -2.35. The number of ether oxygens (including phenoxy) is 1. The molecule has 7 heteroatoms. The van der Waals surface area contributed by atoms with Gasteiger partial charge in [0.2, 0.25) is 5.91 Å². The average Bonchev–Trinajstić information content (AvgIpc) is 2.57. The number of piperidine rings is 1. The highest BCUT2D eigenvalue weighted by Gasteiger charge is 2.32. The van der Waals surface area contributed by atoms with Crippen LogP contribution in [-0.4, -0.2) is 74.4 Å². The van der Waals surface area contributed by atoms with Crippen molar-refractivity contribution in [3.05, 3.63) is 0 Å². The second-order valence-electron chi connectivity index (χ2n) is 6.62. The van der Waals surface area contributed by atoms with Gasteiger partial charge in [0.25, 0.3) is 0 Å². The minimum atomic E-state index is -0.167. The van der Waals surface area contributed by atoms with Crippen LogP contribution in [0.1, 0.15) is 32.6 Å². The van der Waals surface area contributed by atoms with Gasteiger partial charge in [-0.3, -0.25) is 9.79 Å². The maximum absolute atomic E-state index is 11.6. The number of hydrogen-bond acceptors (Lipinski definition) is 4. The molecule has 1 unspecified atom stereocenters. The van der Waals surface area contributed by atoms with E-state index in [2.05, 4.69) is 10.6 Å². The SMILES string of the molecule is CCNC(=NCC1(CO)CCOCC1)NC1CCC(=O)N(C)C1. The number of carbonyl (C=O) groups excluding carboxylic acids is 1. The molecule has 1 atom stereocenters. The van der Waals surface area contributed by atoms with Gasteiger partial charge in [0.05, 0.1) is 13.2 Å². The van der Waals surface area contributed by atoms with Crippen LogP contribution >= 0.6 is 0 Å². The molecule has 2 rings (SSSR count). The van der Waals surface area contributed by atoms with Gasteiger partial charge >= 0.3 is 0 Å². The minimum absolute atomic E-state index is 0.139. The lowest BCUT2D eigenvalue weighted by atomic mass is 9.81. The fourth-order valence-corrected chi connectivity index (χ4v) is 3.06. The zero-order chi connectivity index (χ0) is 16.7. The Balaban J connectivity index is 1.95. The highest BCUT2D eigenvalue weighted by atomic mass is 16.5. The van der Waals surface area contributed by atoms with Crippen LogP contribution in [0.25, 0.3) is 0 Å². The highest BCUT2D eigenvalue weighted by Crippen LogP contribution is 2.30. The summed E-state index contributed by atoms with van der Waals surface area (Å²) in [6.45, 7) is 5.61. The van der Waals surface area contributed by atoms with Crippen LogP contribution in [0, 0.1) is 5.41 Å². The first kappa shape index (κ1) is 18.0. The molecule has 7 nitrogen and oxygen atoms in total. The molecule has 1 amide bonds. The highest BCUT2D eigenvalue weighted by molar-refractivity contribution is 5.81. The number of guanidine groups is 1. The van der Waals surface area contributed by atoms with Gasteiger partial charge in [0.1, 0.15) is 0 Å². The number of carbonyl (C=O) groups is 1. The molecule has 0 aromatic heterocycles. The van der Waals surface area contributed by atoms with Crippen LogP contribution in [0.4, 0.5) is 0 Å². The summed E-state index contributed by atoms with van der Waals surface area (Å²) < 4.78 is 5.40. The first-order valence-electron chi connectivity index (χ1n) is 8.56. The van der Waals surface area contributed by atoms with Gasteiger partial charge in [-0.05, 0) is 26.2 Å². The van der Waals surface area contributed by atoms with E-state index in [1.165, 1.54) is 0 Å². The lowest BCUT2D eigenvalue weighted by molar-refractivity contribution is -0.132. The second kappa shape index (κ2) is 8.49. The van der Waals surface area contributed by atoms with E-state index in [0.29, 0.717) is 32.7 Å². The Kier molecular flexibility index (Phi) is 6.65. The molecule has 0 aromatic carbocycles. The average molecular weight is 326 g/mol. The number of aliphatic imine (C=N–C) groups is 1. The molecule has 2 saturated heterocycles. The third kappa shape index (κ3) is 5.07. The number of aliphatic hydroxyl groups is 1. The van der Waals surface area contributed by atoms with E-state index < -0.39 is 0 Å². The standard InChI is InChI=1S/C16H30N4O3/c1-3-17-15(19-13-4-5-14(22)20(2)10-13)18-11-16(12-21)6-8-23-9-7-16/h13,21H,3-12H2,1-2H3,(H2,17,18,19). The molecular weight excluding hydrogens is 296 g/mol. The third-order valence-electron chi connectivity index (χ3n) is 4.77. The zero-order valence-electron chi connectivity index (χ0n) is 14.3. The van der Waals surface area contributed by atoms with Crippen molar-refractivity contribution in [2.24, 2.45) is 10.4 Å². The Hall–Kier alpha value is -1.34. The van der Waals surface area contributed by atoms with Crippen LogP contribution in [0.2, 0.25) is 0 Å². The summed E-state index contributed by atoms with van der Waals surface area (Å²) in [5, 5.41) is 16.4. The first-order valence-corrected chi connectivity index (χ1v) is 8.56. The topological polar surface area (TPSA) is 86.2 Å². The predicted molar refractivity (Wildman–Crippen MR) is 89.3 cm³/mol. The quantitative estimate of drug-likeness (QED) is 0.487. The predicted octanol–water partition coefficient (Wildman–Crippen LogP) is -0.0486. The van der Waals surface area contributed by atoms with Gasteiger partial charge in [-0.15, -0.1) is 0 Å². The number of aliphatic hydroxyl groups excluding tert-OH is 1. The Morgan fingerprint density at radius 2 is 2.22 bits per heavy atom. The molecule has 2 aliphatic heterocycles. The summed E-state index contributed by atoms with van der Waals surface area (Å²) in [6.07, 6.45) is 3.08. The fraction of sp³-hybridized carbons (Fsp3) is 0.875. The molecule has 23 heavy (non-hydrogen) atoms. The van der Waals surface area contributed by atoms with Gasteiger partial charge in [-0.2, -0.15) is 0 Å². The molecule has 2 fully saturated rings. The molecule has 3 N–H and O–H groups in total. The van der Waals surface area contributed by atoms with Crippen molar-refractivity contribution < 1.29 is 14.6 Å². The minimum Gasteiger partial charge on any atom is -0.396 e. The van der Waals surface area contributed by atoms with Crippen molar-refractivity contribution in [2.75, 3.05) is 46.5 Å². The number of nitrogens with zero attached hydrogens (tertiary/aromatic N) is 2. The van der Waals surface area contributed by atoms with Crippen LogP contribution in [0.5, 0.6) is 0 Å². The summed E-state index contributed by atoms with van der Waals surface area (Å²) in [5.74, 6) is 0.964. The van der Waals surface area contributed by atoms with Crippen LogP contribution in [-0.2, 0) is 9.53 Å². The summed E-state index contributed by atoms with van der Waals surface area (Å²) in [5.41, 5.74) is -0.167. The Labute approximate surface area is 138 Å². The van der Waals surface area contributed by atoms with Crippen molar-refractivity contribution >= 4 is 11.9 Å². The van der Waals surface area contributed by atoms with Gasteiger partial charge in [-0.1, -0.05) is 0 Å². The molecule has 0 saturated carbocycles. The Morgan fingerprint density at radius 3 is 2.83 bits per heavy atom. The van der Waals surface area contributed by atoms with Gasteiger partial charge in [0, 0.05) is 51.2 Å². The normalized spacial score (nSPS) is 25.3. The summed E-state index contributed by atoms with van der Waals surface area (Å²) >= 11 is 0. The molecule has 0 radical (unpaired) electrons. The van der Waals surface area contributed by atoms with Crippen molar-refractivity contribution in [3.63, 3.8) is 0 Å². The molecule has 0 aromatic rings. The van der Waals surface area contributed by atoms with Crippen molar-refractivity contribution in [1.82, 2.24) is 15.5 Å². The number of likely N-dealkylation sites (tertiary alicyclic amines) is 1. The molecule has 0 spiro atoms. The van der Waals surface area contributed by atoms with E-state index in [0.717, 1.165) is 31.8 Å². The number of hydrogen-bond donors (Lipinski definition) is 3. The van der Waals surface area contributed by atoms with E-state index >= 15 is 0 Å². The van der Waals surface area contributed by atoms with E-state index in [1.54, 1.807) is 4.90 Å². The van der Waals surface area contributed by atoms with E-state index in [9.17, 15) is 9.90 Å². The van der Waals surface area contributed by atoms with Gasteiger partial charge in [-0.25, -0.2) is 0 Å². The van der Waals surface area contributed by atoms with E-state index in [-0.39, 0.29) is 24.0 Å². The van der Waals surface area contributed by atoms with Crippen molar-refractivity contribution in [1.29, 1.82) is 0 Å². The van der Waals surface area contributed by atoms with E-state index in [1.807, 2.05) is 14.0 Å². The zero-order valence-corrected chi connectivity index (χ0v) is 14.3. The number of amides is 1. The number of likely N-dealkylation sites (N-methyl/N-ethyl adjacent to an activating group) is 1. The summed E-state index contributed by atoms with van der Waals surface area (Å²) in [6, 6.07) is 0.218. The monoisotopic (exact) mass is 326 g/mol. The molecule has 0 aliphatic carbocycles. The first-order chi connectivity index (χ1) is 11.1. The molecule has 2 heterocycles. The smallest absolute Gasteiger partial charge is 0.222 e. The van der Waals surface area contributed by atoms with Crippen molar-refractivity contribution in [2.45, 2.75) is 38.6 Å². The van der Waals surface area contributed by atoms with Gasteiger partial charge in [0.15, 0.2) is 5.96 Å². The maximum Gasteiger partial charge on any atom is 0.222 e. The summed E-state index contributed by atoms with van der Waals surface area (Å²) in [4.78, 5) is 18.0. The van der Waals surface area contributed by atoms with Crippen LogP contribution in [0.15, 0.2) is 4.99 Å². The molecule has 2 aliphatic rings. The van der Waals surface area contributed by atoms with Crippen LogP contribution in [0.3, 0.4) is 0 Å². The second-order valence-corrected chi connectivity index (χ2v) is 6.62. The van der Waals surface area contributed by atoms with Gasteiger partial charge < -0.3 is 25.4 Å². The number of nitrogens with one attached hydrogen (secondary N) is 2. The third-order valence-corrected chi connectivity index (χ3v) is 4.77. The molecular formula is C16H30N4O3. The Morgan fingerprint density at radius 1 is 1.48 bits per heavy atom. The largest absolute Gasteiger partial charge is 0.396 e.